The van der Waals surface area contributed by atoms with Gasteiger partial charge < -0.3 is 6.15 Å². The Balaban J connectivity index is 0.00000256. The van der Waals surface area contributed by atoms with Crippen LogP contribution in [-0.4, -0.2) is 0 Å². The fraction of sp³-hybridized carbons (Fsp3) is 1.00. The molecule has 0 amide bonds. The Labute approximate surface area is 109 Å². The van der Waals surface area contributed by atoms with Crippen LogP contribution in [-0.2, 0) is 0 Å². The first kappa shape index (κ1) is 17.0. The van der Waals surface area contributed by atoms with Gasteiger partial charge in [0.15, 0.2) is 0 Å². The third kappa shape index (κ3) is 9.64. The van der Waals surface area contributed by atoms with Gasteiger partial charge in [-0.05, 0) is 5.92 Å². The van der Waals surface area contributed by atoms with Gasteiger partial charge in [-0.15, -0.1) is 0 Å². The lowest BCUT2D eigenvalue weighted by Gasteiger charge is -2.15. The van der Waals surface area contributed by atoms with Gasteiger partial charge in [0.25, 0.3) is 0 Å². The van der Waals surface area contributed by atoms with E-state index in [2.05, 4.69) is 6.92 Å². The van der Waals surface area contributed by atoms with E-state index in [9.17, 15) is 0 Å². The highest BCUT2D eigenvalue weighted by Gasteiger charge is 2.09. The van der Waals surface area contributed by atoms with Crippen molar-refractivity contribution in [1.29, 1.82) is 0 Å². The molecule has 0 atom stereocenters. The van der Waals surface area contributed by atoms with E-state index in [4.69, 9.17) is 0 Å². The molecule has 1 aliphatic rings. The number of hydrogen-bond donors (Lipinski definition) is 1. The molecule has 0 radical (unpaired) electrons. The highest BCUT2D eigenvalue weighted by molar-refractivity contribution is 4.63. The summed E-state index contributed by atoms with van der Waals surface area (Å²) in [6, 6.07) is 0. The molecular weight excluding hydrogens is 206 g/mol. The molecule has 104 valence electrons. The molecule has 1 heteroatoms. The Morgan fingerprint density at radius 2 is 1.24 bits per heavy atom. The summed E-state index contributed by atoms with van der Waals surface area (Å²) in [5.74, 6) is 1.08. The molecule has 0 spiro atoms. The first-order valence-electron chi connectivity index (χ1n) is 7.93. The Bertz CT molecular complexity index is 134. The maximum absolute atomic E-state index is 2.30. The lowest BCUT2D eigenvalue weighted by Crippen LogP contribution is -2.00. The third-order valence-corrected chi connectivity index (χ3v) is 4.19. The van der Waals surface area contributed by atoms with Crippen LogP contribution >= 0.6 is 0 Å². The molecule has 0 aromatic rings. The molecule has 1 saturated carbocycles. The van der Waals surface area contributed by atoms with Crippen molar-refractivity contribution in [3.05, 3.63) is 0 Å². The minimum atomic E-state index is 0. The van der Waals surface area contributed by atoms with E-state index in [1.165, 1.54) is 89.9 Å². The lowest BCUT2D eigenvalue weighted by atomic mass is 9.91. The van der Waals surface area contributed by atoms with Crippen LogP contribution in [0.5, 0.6) is 0 Å². The van der Waals surface area contributed by atoms with Crippen molar-refractivity contribution in [2.75, 3.05) is 0 Å². The van der Waals surface area contributed by atoms with Crippen LogP contribution in [0.1, 0.15) is 96.8 Å². The molecule has 0 heterocycles. The van der Waals surface area contributed by atoms with E-state index in [1.54, 1.807) is 0 Å². The Hall–Kier alpha value is -0.0400. The fourth-order valence-corrected chi connectivity index (χ4v) is 3.04. The summed E-state index contributed by atoms with van der Waals surface area (Å²) in [7, 11) is 0. The number of hydrogen-bond acceptors (Lipinski definition) is 1. The van der Waals surface area contributed by atoms with Gasteiger partial charge in [0.1, 0.15) is 0 Å². The van der Waals surface area contributed by atoms with E-state index in [0.29, 0.717) is 0 Å². The molecule has 1 fully saturated rings. The molecule has 0 saturated heterocycles. The second-order valence-electron chi connectivity index (χ2n) is 5.77. The molecule has 1 aliphatic carbocycles. The van der Waals surface area contributed by atoms with Gasteiger partial charge in [0, 0.05) is 0 Å². The standard InChI is InChI=1S/C16H32.H3N/c1-2-3-4-7-10-13-16-14-11-8-5-6-9-12-15-16;/h16H,2-15H2,1H3;1H3. The molecule has 0 aromatic carbocycles. The summed E-state index contributed by atoms with van der Waals surface area (Å²) >= 11 is 0. The van der Waals surface area contributed by atoms with Gasteiger partial charge in [-0.2, -0.15) is 0 Å². The number of rotatable bonds is 6. The van der Waals surface area contributed by atoms with Gasteiger partial charge in [0.2, 0.25) is 0 Å². The molecule has 3 N–H and O–H groups in total. The molecule has 0 aromatic heterocycles. The van der Waals surface area contributed by atoms with Crippen LogP contribution < -0.4 is 6.15 Å². The van der Waals surface area contributed by atoms with Crippen LogP contribution in [0.25, 0.3) is 0 Å². The van der Waals surface area contributed by atoms with Crippen molar-refractivity contribution in [1.82, 2.24) is 6.15 Å². The van der Waals surface area contributed by atoms with Crippen molar-refractivity contribution in [2.24, 2.45) is 5.92 Å². The van der Waals surface area contributed by atoms with Crippen molar-refractivity contribution in [2.45, 2.75) is 96.8 Å². The smallest absolute Gasteiger partial charge is 0.0414 e. The summed E-state index contributed by atoms with van der Waals surface area (Å²) in [6.45, 7) is 2.30. The second-order valence-corrected chi connectivity index (χ2v) is 5.77. The maximum Gasteiger partial charge on any atom is -0.0414 e. The highest BCUT2D eigenvalue weighted by Crippen LogP contribution is 2.26. The highest BCUT2D eigenvalue weighted by atomic mass is 14.2. The largest absolute Gasteiger partial charge is 0.344 e. The molecule has 17 heavy (non-hydrogen) atoms. The van der Waals surface area contributed by atoms with E-state index in [-0.39, 0.29) is 6.15 Å². The SMILES string of the molecule is CCCCCCCC1CCCCCCCC1.N. The first-order valence-corrected chi connectivity index (χ1v) is 7.93. The molecule has 1 nitrogen and oxygen atoms in total. The summed E-state index contributed by atoms with van der Waals surface area (Å²) < 4.78 is 0. The summed E-state index contributed by atoms with van der Waals surface area (Å²) in [6.07, 6.45) is 20.9. The van der Waals surface area contributed by atoms with Crippen molar-refractivity contribution >= 4 is 0 Å². The predicted octanol–water partition coefficient (Wildman–Crippen LogP) is 6.26. The van der Waals surface area contributed by atoms with Crippen LogP contribution in [0.2, 0.25) is 0 Å². The van der Waals surface area contributed by atoms with E-state index in [1.807, 2.05) is 0 Å². The molecule has 0 aliphatic heterocycles. The Morgan fingerprint density at radius 3 is 1.82 bits per heavy atom. The molecule has 1 rings (SSSR count). The summed E-state index contributed by atoms with van der Waals surface area (Å²) in [5.41, 5.74) is 0. The number of unbranched alkanes of at least 4 members (excludes halogenated alkanes) is 4. The normalized spacial score (nSPS) is 18.9. The van der Waals surface area contributed by atoms with E-state index >= 15 is 0 Å². The van der Waals surface area contributed by atoms with E-state index in [0.717, 1.165) is 5.92 Å². The Morgan fingerprint density at radius 1 is 0.706 bits per heavy atom. The third-order valence-electron chi connectivity index (χ3n) is 4.19. The maximum atomic E-state index is 2.30. The molecule has 0 unspecified atom stereocenters. The van der Waals surface area contributed by atoms with Crippen LogP contribution in [0, 0.1) is 5.92 Å². The fourth-order valence-electron chi connectivity index (χ4n) is 3.04. The van der Waals surface area contributed by atoms with E-state index < -0.39 is 0 Å². The predicted molar refractivity (Wildman–Crippen MR) is 78.8 cm³/mol. The Kier molecular flexibility index (Phi) is 12.4. The molecule has 0 bridgehead atoms. The average molecular weight is 241 g/mol. The summed E-state index contributed by atoms with van der Waals surface area (Å²) in [4.78, 5) is 0. The second kappa shape index (κ2) is 12.4. The molecular formula is C16H35N. The van der Waals surface area contributed by atoms with Gasteiger partial charge in [-0.1, -0.05) is 96.8 Å². The summed E-state index contributed by atoms with van der Waals surface area (Å²) in [5, 5.41) is 0. The van der Waals surface area contributed by atoms with Gasteiger partial charge in [0.05, 0.1) is 0 Å². The monoisotopic (exact) mass is 241 g/mol. The topological polar surface area (TPSA) is 35.0 Å². The van der Waals surface area contributed by atoms with Crippen LogP contribution in [0.3, 0.4) is 0 Å². The van der Waals surface area contributed by atoms with Crippen molar-refractivity contribution < 1.29 is 0 Å². The zero-order chi connectivity index (χ0) is 11.5. The quantitative estimate of drug-likeness (QED) is 0.547. The van der Waals surface area contributed by atoms with Gasteiger partial charge in [-0.25, -0.2) is 0 Å². The van der Waals surface area contributed by atoms with Gasteiger partial charge in [-0.3, -0.25) is 0 Å². The minimum absolute atomic E-state index is 0. The average Bonchev–Trinajstić information content (AvgIpc) is 2.42. The zero-order valence-corrected chi connectivity index (χ0v) is 12.2. The van der Waals surface area contributed by atoms with Crippen molar-refractivity contribution in [3.8, 4) is 0 Å². The van der Waals surface area contributed by atoms with Crippen LogP contribution in [0.15, 0.2) is 0 Å². The van der Waals surface area contributed by atoms with Crippen LogP contribution in [0.4, 0.5) is 0 Å². The lowest BCUT2D eigenvalue weighted by molar-refractivity contribution is 0.382. The zero-order valence-electron chi connectivity index (χ0n) is 12.2. The first-order chi connectivity index (χ1) is 7.93. The van der Waals surface area contributed by atoms with Gasteiger partial charge >= 0.3 is 0 Å². The van der Waals surface area contributed by atoms with Crippen molar-refractivity contribution in [3.63, 3.8) is 0 Å². The minimum Gasteiger partial charge on any atom is -0.344 e.